The Bertz CT molecular complexity index is 719. The molecule has 0 unspecified atom stereocenters. The monoisotopic (exact) mass is 306 g/mol. The molecule has 110 valence electrons. The summed E-state index contributed by atoms with van der Waals surface area (Å²) in [6.45, 7) is 3.37. The fourth-order valence-corrected chi connectivity index (χ4v) is 2.17. The minimum atomic E-state index is -1.10. The van der Waals surface area contributed by atoms with Crippen molar-refractivity contribution in [2.45, 2.75) is 13.8 Å². The van der Waals surface area contributed by atoms with Crippen LogP contribution in [0, 0.1) is 6.92 Å². The van der Waals surface area contributed by atoms with Crippen LogP contribution in [-0.2, 0) is 9.53 Å². The lowest BCUT2D eigenvalue weighted by atomic mass is 10.1. The summed E-state index contributed by atoms with van der Waals surface area (Å²) in [6.07, 6.45) is 0. The van der Waals surface area contributed by atoms with Crippen LogP contribution in [0.2, 0.25) is 5.02 Å². The van der Waals surface area contributed by atoms with Crippen LogP contribution in [-0.4, -0.2) is 28.0 Å². The van der Waals surface area contributed by atoms with E-state index < -0.39 is 5.97 Å². The number of aliphatic carboxylic acids is 1. The van der Waals surface area contributed by atoms with Gasteiger partial charge < -0.3 is 9.84 Å². The zero-order chi connectivity index (χ0) is 15.6. The highest BCUT2D eigenvalue weighted by Crippen LogP contribution is 2.24. The summed E-state index contributed by atoms with van der Waals surface area (Å²) in [4.78, 5) is 11.4. The van der Waals surface area contributed by atoms with E-state index in [1.54, 1.807) is 32.0 Å². The van der Waals surface area contributed by atoms with Crippen LogP contribution in [0.5, 0.6) is 0 Å². The first-order valence-electron chi connectivity index (χ1n) is 6.25. The first-order chi connectivity index (χ1) is 9.93. The van der Waals surface area contributed by atoms with Crippen LogP contribution in [0.3, 0.4) is 0 Å². The Morgan fingerprint density at radius 1 is 1.38 bits per heavy atom. The number of aromatic nitrogens is 2. The maximum absolute atomic E-state index is 11.4. The molecule has 0 bridgehead atoms. The number of ether oxygens (including phenoxy) is 1. The van der Waals surface area contributed by atoms with Gasteiger partial charge in [0, 0.05) is 16.3 Å². The van der Waals surface area contributed by atoms with Crippen molar-refractivity contribution in [2.75, 3.05) is 7.11 Å². The second-order valence-electron chi connectivity index (χ2n) is 4.51. The van der Waals surface area contributed by atoms with Gasteiger partial charge in [0.2, 0.25) is 0 Å². The van der Waals surface area contributed by atoms with E-state index in [0.29, 0.717) is 16.4 Å². The van der Waals surface area contributed by atoms with Crippen molar-refractivity contribution in [1.29, 1.82) is 0 Å². The molecule has 0 atom stereocenters. The van der Waals surface area contributed by atoms with Crippen molar-refractivity contribution in [3.8, 4) is 11.3 Å². The molecule has 0 radical (unpaired) electrons. The largest absolute Gasteiger partial charge is 0.499 e. The third-order valence-electron chi connectivity index (χ3n) is 3.06. The molecular formula is C15H15ClN2O3. The van der Waals surface area contributed by atoms with Crippen LogP contribution in [0.1, 0.15) is 12.6 Å². The van der Waals surface area contributed by atoms with Crippen molar-refractivity contribution in [2.24, 2.45) is 0 Å². The van der Waals surface area contributed by atoms with E-state index in [4.69, 9.17) is 16.3 Å². The van der Waals surface area contributed by atoms with Crippen LogP contribution >= 0.6 is 11.6 Å². The summed E-state index contributed by atoms with van der Waals surface area (Å²) in [5.41, 5.74) is 2.16. The topological polar surface area (TPSA) is 64.3 Å². The Morgan fingerprint density at radius 3 is 2.67 bits per heavy atom. The number of carboxylic acids is 1. The summed E-state index contributed by atoms with van der Waals surface area (Å²) >= 11 is 5.97. The lowest BCUT2D eigenvalue weighted by molar-refractivity contribution is -0.131. The smallest absolute Gasteiger partial charge is 0.358 e. The van der Waals surface area contributed by atoms with Gasteiger partial charge in [0.15, 0.2) is 5.70 Å². The van der Waals surface area contributed by atoms with E-state index in [2.05, 4.69) is 5.10 Å². The average Bonchev–Trinajstić information content (AvgIpc) is 2.80. The standard InChI is InChI=1S/C15H15ClN2O3/c1-9-7-13(11-5-4-6-12(16)8-11)17-18(9)14(15(19)20)10(2)21-3/h4-8H,1-3H3,(H,19,20). The number of carboxylic acid groups (broad SMARTS) is 1. The van der Waals surface area contributed by atoms with Gasteiger partial charge in [-0.05, 0) is 32.0 Å². The molecule has 0 amide bonds. The van der Waals surface area contributed by atoms with Crippen molar-refractivity contribution >= 4 is 23.3 Å². The van der Waals surface area contributed by atoms with Crippen molar-refractivity contribution in [1.82, 2.24) is 9.78 Å². The molecule has 1 aromatic carbocycles. The number of rotatable bonds is 4. The Balaban J connectivity index is 2.56. The molecule has 0 spiro atoms. The number of aryl methyl sites for hydroxylation is 1. The van der Waals surface area contributed by atoms with Crippen LogP contribution < -0.4 is 0 Å². The molecule has 0 saturated heterocycles. The number of carbonyl (C=O) groups is 1. The van der Waals surface area contributed by atoms with Crippen molar-refractivity contribution < 1.29 is 14.6 Å². The minimum absolute atomic E-state index is 0.0109. The molecule has 0 aliphatic rings. The van der Waals surface area contributed by atoms with E-state index in [-0.39, 0.29) is 11.5 Å². The number of hydrogen-bond donors (Lipinski definition) is 1. The van der Waals surface area contributed by atoms with Crippen molar-refractivity contribution in [3.05, 3.63) is 46.8 Å². The van der Waals surface area contributed by atoms with Gasteiger partial charge >= 0.3 is 5.97 Å². The zero-order valence-corrected chi connectivity index (χ0v) is 12.7. The molecule has 1 N–H and O–H groups in total. The summed E-state index contributed by atoms with van der Waals surface area (Å²) in [7, 11) is 1.43. The highest BCUT2D eigenvalue weighted by molar-refractivity contribution is 6.30. The molecule has 6 heteroatoms. The van der Waals surface area contributed by atoms with Gasteiger partial charge in [0.05, 0.1) is 12.8 Å². The van der Waals surface area contributed by atoms with Gasteiger partial charge in [-0.15, -0.1) is 0 Å². The number of allylic oxidation sites excluding steroid dienone is 1. The fourth-order valence-electron chi connectivity index (χ4n) is 1.98. The van der Waals surface area contributed by atoms with E-state index in [1.807, 2.05) is 12.1 Å². The number of hydrogen-bond acceptors (Lipinski definition) is 3. The molecule has 0 saturated carbocycles. The number of nitrogens with zero attached hydrogens (tertiary/aromatic N) is 2. The highest BCUT2D eigenvalue weighted by atomic mass is 35.5. The molecule has 2 aromatic rings. The van der Waals surface area contributed by atoms with Gasteiger partial charge in [-0.25, -0.2) is 9.48 Å². The molecule has 5 nitrogen and oxygen atoms in total. The lowest BCUT2D eigenvalue weighted by Crippen LogP contribution is -2.13. The Morgan fingerprint density at radius 2 is 2.10 bits per heavy atom. The molecule has 1 aromatic heterocycles. The summed E-state index contributed by atoms with van der Waals surface area (Å²) in [5, 5.41) is 14.3. The van der Waals surface area contributed by atoms with Crippen molar-refractivity contribution in [3.63, 3.8) is 0 Å². The summed E-state index contributed by atoms with van der Waals surface area (Å²) in [6, 6.07) is 9.04. The van der Waals surface area contributed by atoms with Gasteiger partial charge in [0.1, 0.15) is 5.76 Å². The summed E-state index contributed by atoms with van der Waals surface area (Å²) < 4.78 is 6.39. The van der Waals surface area contributed by atoms with Crippen LogP contribution in [0.25, 0.3) is 17.0 Å². The second kappa shape index (κ2) is 6.01. The molecule has 21 heavy (non-hydrogen) atoms. The highest BCUT2D eigenvalue weighted by Gasteiger charge is 2.19. The molecule has 2 rings (SSSR count). The van der Waals surface area contributed by atoms with E-state index in [9.17, 15) is 9.90 Å². The molecular weight excluding hydrogens is 292 g/mol. The Kier molecular flexibility index (Phi) is 4.33. The van der Waals surface area contributed by atoms with Gasteiger partial charge in [-0.3, -0.25) is 0 Å². The lowest BCUT2D eigenvalue weighted by Gasteiger charge is -2.08. The number of benzene rings is 1. The minimum Gasteiger partial charge on any atom is -0.499 e. The molecule has 0 aliphatic carbocycles. The van der Waals surface area contributed by atoms with Crippen LogP contribution in [0.15, 0.2) is 36.1 Å². The van der Waals surface area contributed by atoms with Gasteiger partial charge in [-0.1, -0.05) is 23.7 Å². The zero-order valence-electron chi connectivity index (χ0n) is 11.9. The SMILES string of the molecule is COC(C)=C(C(=O)O)n1nc(-c2cccc(Cl)c2)cc1C. The molecule has 1 heterocycles. The van der Waals surface area contributed by atoms with E-state index >= 15 is 0 Å². The normalized spacial score (nSPS) is 12.0. The predicted octanol–water partition coefficient (Wildman–Crippen LogP) is 3.43. The first kappa shape index (κ1) is 15.1. The predicted molar refractivity (Wildman–Crippen MR) is 80.9 cm³/mol. The quantitative estimate of drug-likeness (QED) is 0.694. The van der Waals surface area contributed by atoms with Gasteiger partial charge in [0.25, 0.3) is 0 Å². The first-order valence-corrected chi connectivity index (χ1v) is 6.63. The van der Waals surface area contributed by atoms with E-state index in [1.165, 1.54) is 11.8 Å². The average molecular weight is 307 g/mol. The third-order valence-corrected chi connectivity index (χ3v) is 3.30. The number of methoxy groups -OCH3 is 1. The van der Waals surface area contributed by atoms with Gasteiger partial charge in [-0.2, -0.15) is 5.10 Å². The Hall–Kier alpha value is -2.27. The Labute approximate surface area is 127 Å². The second-order valence-corrected chi connectivity index (χ2v) is 4.94. The maximum atomic E-state index is 11.4. The van der Waals surface area contributed by atoms with E-state index in [0.717, 1.165) is 5.56 Å². The maximum Gasteiger partial charge on any atom is 0.358 e. The number of halogens is 1. The third kappa shape index (κ3) is 3.08. The van der Waals surface area contributed by atoms with Crippen LogP contribution in [0.4, 0.5) is 0 Å². The summed E-state index contributed by atoms with van der Waals surface area (Å²) in [5.74, 6) is -0.815. The fraction of sp³-hybridized carbons (Fsp3) is 0.200. The molecule has 0 aliphatic heterocycles. The molecule has 0 fully saturated rings.